The molecule has 3 heterocycles. The van der Waals surface area contributed by atoms with Crippen molar-refractivity contribution in [2.24, 2.45) is 0 Å². The number of hydrogen-bond acceptors (Lipinski definition) is 3. The maximum absolute atomic E-state index is 2.54. The third kappa shape index (κ3) is 5.34. The highest BCUT2D eigenvalue weighted by Gasteiger charge is 2.26. The maximum atomic E-state index is 2.54. The van der Waals surface area contributed by atoms with E-state index in [9.17, 15) is 0 Å². The number of thiophene rings is 1. The van der Waals surface area contributed by atoms with E-state index >= 15 is 0 Å². The lowest BCUT2D eigenvalue weighted by atomic mass is 9.86. The van der Waals surface area contributed by atoms with Crippen LogP contribution in [0.5, 0.6) is 0 Å². The molecule has 12 aromatic rings. The number of para-hydroxylation sites is 4. The van der Waals surface area contributed by atoms with Gasteiger partial charge in [-0.05, 0) is 125 Å². The first-order valence-corrected chi connectivity index (χ1v) is 21.6. The van der Waals surface area contributed by atoms with Crippen LogP contribution in [0.2, 0.25) is 0 Å². The summed E-state index contributed by atoms with van der Waals surface area (Å²) in [4.78, 5) is 4.77. The quantitative estimate of drug-likeness (QED) is 0.166. The summed E-state index contributed by atoms with van der Waals surface area (Å²) in [6.45, 7) is 6.93. The molecule has 0 unspecified atom stereocenters. The molecule has 0 atom stereocenters. The minimum absolute atomic E-state index is 0.00886. The number of anilines is 6. The van der Waals surface area contributed by atoms with Gasteiger partial charge in [-0.1, -0.05) is 112 Å². The van der Waals surface area contributed by atoms with Gasteiger partial charge in [-0.25, -0.2) is 0 Å². The van der Waals surface area contributed by atoms with Crippen LogP contribution in [0.3, 0.4) is 0 Å². The van der Waals surface area contributed by atoms with E-state index in [-0.39, 0.29) is 5.41 Å². The van der Waals surface area contributed by atoms with Gasteiger partial charge in [-0.15, -0.1) is 11.3 Å². The van der Waals surface area contributed by atoms with E-state index in [1.807, 2.05) is 11.3 Å². The minimum Gasteiger partial charge on any atom is -0.310 e. The Balaban J connectivity index is 1.09. The second-order valence-electron chi connectivity index (χ2n) is 17.0. The predicted octanol–water partition coefficient (Wildman–Crippen LogP) is 16.6. The first kappa shape index (κ1) is 34.9. The molecule has 0 radical (unpaired) electrons. The molecule has 4 heteroatoms. The zero-order valence-electron chi connectivity index (χ0n) is 33.7. The van der Waals surface area contributed by atoms with Crippen molar-refractivity contribution >= 4 is 115 Å². The Morgan fingerprint density at radius 2 is 0.950 bits per heavy atom. The van der Waals surface area contributed by atoms with Crippen LogP contribution in [0.4, 0.5) is 34.1 Å². The molecule has 0 aliphatic rings. The number of nitrogens with zero attached hydrogens (tertiary/aromatic N) is 3. The van der Waals surface area contributed by atoms with Crippen LogP contribution in [0.1, 0.15) is 26.3 Å². The molecule has 0 amide bonds. The smallest absolute Gasteiger partial charge is 0.0641 e. The summed E-state index contributed by atoms with van der Waals surface area (Å²) in [6, 6.07) is 71.4. The van der Waals surface area contributed by atoms with Crippen LogP contribution in [0.15, 0.2) is 194 Å². The third-order valence-electron chi connectivity index (χ3n) is 12.4. The predicted molar refractivity (Wildman–Crippen MR) is 260 cm³/mol. The number of aromatic nitrogens is 1. The largest absolute Gasteiger partial charge is 0.310 e. The Hall–Kier alpha value is -7.14. The Labute approximate surface area is 352 Å². The average Bonchev–Trinajstić information content (AvgIpc) is 3.92. The molecule has 0 fully saturated rings. The highest BCUT2D eigenvalue weighted by molar-refractivity contribution is 7.26. The molecule has 12 rings (SSSR count). The third-order valence-corrected chi connectivity index (χ3v) is 13.5. The number of rotatable bonds is 6. The molecular formula is C56H41N3S. The summed E-state index contributed by atoms with van der Waals surface area (Å²) < 4.78 is 5.13. The lowest BCUT2D eigenvalue weighted by Gasteiger charge is -2.26. The Bertz CT molecular complexity index is 3490. The van der Waals surface area contributed by atoms with Crippen LogP contribution in [-0.4, -0.2) is 4.40 Å². The van der Waals surface area contributed by atoms with Crippen LogP contribution >= 0.6 is 11.3 Å². The van der Waals surface area contributed by atoms with Gasteiger partial charge in [-0.3, -0.25) is 0 Å². The fourth-order valence-corrected chi connectivity index (χ4v) is 10.7. The highest BCUT2D eigenvalue weighted by Crippen LogP contribution is 2.49. The summed E-state index contributed by atoms with van der Waals surface area (Å²) in [6.07, 6.45) is 0. The molecule has 3 aromatic heterocycles. The van der Waals surface area contributed by atoms with Crippen molar-refractivity contribution in [3.8, 4) is 0 Å². The molecule has 60 heavy (non-hydrogen) atoms. The van der Waals surface area contributed by atoms with Gasteiger partial charge in [0.2, 0.25) is 0 Å². The molecule has 0 spiro atoms. The van der Waals surface area contributed by atoms with Crippen LogP contribution in [0, 0.1) is 0 Å². The first-order valence-electron chi connectivity index (χ1n) is 20.8. The molecular weight excluding hydrogens is 747 g/mol. The number of fused-ring (bicyclic) bond motifs is 10. The summed E-state index contributed by atoms with van der Waals surface area (Å²) in [5, 5.41) is 10.2. The normalized spacial score (nSPS) is 12.2. The molecule has 0 aliphatic carbocycles. The molecule has 3 nitrogen and oxygen atoms in total. The Morgan fingerprint density at radius 1 is 0.400 bits per heavy atom. The maximum Gasteiger partial charge on any atom is 0.0641 e. The van der Waals surface area contributed by atoms with Gasteiger partial charge in [-0.2, -0.15) is 0 Å². The van der Waals surface area contributed by atoms with Crippen molar-refractivity contribution in [1.29, 1.82) is 0 Å². The van der Waals surface area contributed by atoms with Gasteiger partial charge in [0.1, 0.15) is 0 Å². The summed E-state index contributed by atoms with van der Waals surface area (Å²) in [7, 11) is 0. The van der Waals surface area contributed by atoms with E-state index in [1.165, 1.54) is 80.3 Å². The zero-order chi connectivity index (χ0) is 40.1. The Kier molecular flexibility index (Phi) is 7.66. The van der Waals surface area contributed by atoms with Crippen molar-refractivity contribution < 1.29 is 0 Å². The van der Waals surface area contributed by atoms with E-state index in [2.05, 4.69) is 229 Å². The first-order chi connectivity index (χ1) is 29.4. The molecule has 286 valence electrons. The number of benzene rings is 9. The Morgan fingerprint density at radius 3 is 1.57 bits per heavy atom. The fourth-order valence-electron chi connectivity index (χ4n) is 9.52. The van der Waals surface area contributed by atoms with Gasteiger partial charge in [0.05, 0.1) is 22.2 Å². The van der Waals surface area contributed by atoms with Crippen molar-refractivity contribution in [3.05, 3.63) is 200 Å². The molecule has 0 saturated carbocycles. The molecule has 0 aliphatic heterocycles. The lowest BCUT2D eigenvalue weighted by molar-refractivity contribution is 0.591. The van der Waals surface area contributed by atoms with Crippen molar-refractivity contribution in [2.45, 2.75) is 26.2 Å². The van der Waals surface area contributed by atoms with E-state index in [1.54, 1.807) is 0 Å². The van der Waals surface area contributed by atoms with Crippen molar-refractivity contribution in [1.82, 2.24) is 4.40 Å². The van der Waals surface area contributed by atoms with Crippen LogP contribution in [0.25, 0.3) is 69.0 Å². The van der Waals surface area contributed by atoms with E-state index in [0.717, 1.165) is 28.4 Å². The summed E-state index contributed by atoms with van der Waals surface area (Å²) in [5.74, 6) is 0. The van der Waals surface area contributed by atoms with Crippen molar-refractivity contribution in [3.63, 3.8) is 0 Å². The van der Waals surface area contributed by atoms with Crippen LogP contribution in [-0.2, 0) is 5.41 Å². The summed E-state index contributed by atoms with van der Waals surface area (Å²) >= 11 is 1.88. The van der Waals surface area contributed by atoms with Crippen LogP contribution < -0.4 is 9.80 Å². The second kappa shape index (κ2) is 13.2. The van der Waals surface area contributed by atoms with Gasteiger partial charge < -0.3 is 14.2 Å². The monoisotopic (exact) mass is 787 g/mol. The molecule has 9 aromatic carbocycles. The van der Waals surface area contributed by atoms with Crippen molar-refractivity contribution in [2.75, 3.05) is 9.80 Å². The molecule has 0 bridgehead atoms. The van der Waals surface area contributed by atoms with Gasteiger partial charge in [0, 0.05) is 70.2 Å². The van der Waals surface area contributed by atoms with Gasteiger partial charge in [0.15, 0.2) is 0 Å². The zero-order valence-corrected chi connectivity index (χ0v) is 34.5. The lowest BCUT2D eigenvalue weighted by Crippen LogP contribution is -2.11. The average molecular weight is 788 g/mol. The van der Waals surface area contributed by atoms with E-state index < -0.39 is 0 Å². The standard InChI is InChI=1S/C56H41N3S/c1-56(2,3)38-24-28-49-48(34-38)54-50(58(41-20-12-6-13-21-41)42-22-14-7-15-23-42)29-27-45-46-30-36-31-47-44-26-25-43(57(39-16-8-4-9-17-39)40-18-10-5-11-19-40)35-53(44)60-52(47)33-37(36)32-51(46)59(49)55(45)54/h4-35H,1-3H3. The highest BCUT2D eigenvalue weighted by atomic mass is 32.1. The minimum atomic E-state index is 0.00886. The van der Waals surface area contributed by atoms with Gasteiger partial charge in [0.25, 0.3) is 0 Å². The second-order valence-corrected chi connectivity index (χ2v) is 18.1. The van der Waals surface area contributed by atoms with Gasteiger partial charge >= 0.3 is 0 Å². The molecule has 0 saturated heterocycles. The fraction of sp³-hybridized carbons (Fsp3) is 0.0714. The molecule has 0 N–H and O–H groups in total. The topological polar surface area (TPSA) is 10.9 Å². The summed E-state index contributed by atoms with van der Waals surface area (Å²) in [5.41, 5.74) is 12.0. The van der Waals surface area contributed by atoms with E-state index in [0.29, 0.717) is 0 Å². The van der Waals surface area contributed by atoms with E-state index in [4.69, 9.17) is 0 Å². The SMILES string of the molecule is CC(C)(C)c1ccc2c(c1)c1c(N(c3ccccc3)c3ccccc3)ccc3c4cc5cc6c(cc5cc4n2c31)sc1cc(N(c2ccccc2)c2ccccc2)ccc16. The number of hydrogen-bond donors (Lipinski definition) is 0.